The average molecular weight is 310 g/mol. The van der Waals surface area contributed by atoms with Gasteiger partial charge in [-0.25, -0.2) is 0 Å². The van der Waals surface area contributed by atoms with Crippen molar-refractivity contribution in [2.75, 3.05) is 25.0 Å². The van der Waals surface area contributed by atoms with Gasteiger partial charge in [0.05, 0.1) is 12.2 Å². The summed E-state index contributed by atoms with van der Waals surface area (Å²) in [6.07, 6.45) is 1.62. The van der Waals surface area contributed by atoms with Gasteiger partial charge in [0.1, 0.15) is 5.75 Å². The summed E-state index contributed by atoms with van der Waals surface area (Å²) in [5.41, 5.74) is 2.41. The zero-order valence-corrected chi connectivity index (χ0v) is 13.4. The highest BCUT2D eigenvalue weighted by Crippen LogP contribution is 2.33. The summed E-state index contributed by atoms with van der Waals surface area (Å²) in [4.78, 5) is 14.2. The van der Waals surface area contributed by atoms with Crippen LogP contribution in [-0.4, -0.2) is 32.1 Å². The molecule has 1 amide bonds. The second-order valence-corrected chi connectivity index (χ2v) is 5.72. The van der Waals surface area contributed by atoms with Crippen LogP contribution in [0, 0.1) is 0 Å². The number of benzene rings is 2. The van der Waals surface area contributed by atoms with E-state index in [9.17, 15) is 4.79 Å². The Morgan fingerprint density at radius 3 is 2.70 bits per heavy atom. The number of nitrogens with one attached hydrogen (secondary N) is 1. The molecule has 0 fully saturated rings. The number of aryl methyl sites for hydroxylation is 1. The van der Waals surface area contributed by atoms with E-state index in [1.54, 1.807) is 7.05 Å². The zero-order chi connectivity index (χ0) is 16.1. The molecule has 23 heavy (non-hydrogen) atoms. The predicted molar refractivity (Wildman–Crippen MR) is 91.9 cm³/mol. The number of amides is 1. The van der Waals surface area contributed by atoms with Crippen LogP contribution in [0.1, 0.15) is 12.0 Å². The minimum atomic E-state index is -0.452. The molecule has 0 unspecified atom stereocenters. The van der Waals surface area contributed by atoms with Gasteiger partial charge in [-0.15, -0.1) is 0 Å². The van der Waals surface area contributed by atoms with Crippen LogP contribution in [-0.2, 0) is 11.2 Å². The smallest absolute Gasteiger partial charge is 0.262 e. The number of hydrogen-bond donors (Lipinski definition) is 1. The minimum Gasteiger partial charge on any atom is -0.477 e. The number of anilines is 1. The molecule has 1 atom stereocenters. The molecular formula is C19H22N2O2. The normalized spacial score (nSPS) is 16.4. The van der Waals surface area contributed by atoms with Gasteiger partial charge in [0, 0.05) is 13.6 Å². The molecule has 0 radical (unpaired) electrons. The highest BCUT2D eigenvalue weighted by molar-refractivity contribution is 5.83. The molecule has 0 saturated carbocycles. The van der Waals surface area contributed by atoms with Crippen molar-refractivity contribution in [2.24, 2.45) is 0 Å². The Bertz CT molecular complexity index is 657. The van der Waals surface area contributed by atoms with Crippen molar-refractivity contribution in [3.05, 3.63) is 60.2 Å². The summed E-state index contributed by atoms with van der Waals surface area (Å²) >= 11 is 0. The van der Waals surface area contributed by atoms with Gasteiger partial charge in [-0.1, -0.05) is 42.5 Å². The van der Waals surface area contributed by atoms with E-state index in [2.05, 4.69) is 40.5 Å². The van der Waals surface area contributed by atoms with Crippen LogP contribution in [0.3, 0.4) is 0 Å². The Morgan fingerprint density at radius 1 is 1.17 bits per heavy atom. The number of likely N-dealkylation sites (N-methyl/N-ethyl adjacent to an activating group) is 1. The lowest BCUT2D eigenvalue weighted by molar-refractivity contribution is -0.127. The molecule has 0 spiro atoms. The lowest BCUT2D eigenvalue weighted by Gasteiger charge is -2.35. The maximum Gasteiger partial charge on any atom is 0.262 e. The van der Waals surface area contributed by atoms with E-state index in [0.717, 1.165) is 30.8 Å². The Morgan fingerprint density at radius 2 is 1.91 bits per heavy atom. The van der Waals surface area contributed by atoms with Gasteiger partial charge < -0.3 is 15.0 Å². The number of carbonyl (C=O) groups is 1. The average Bonchev–Trinajstić information content (AvgIpc) is 2.61. The van der Waals surface area contributed by atoms with Crippen molar-refractivity contribution in [1.82, 2.24) is 5.32 Å². The summed E-state index contributed by atoms with van der Waals surface area (Å²) in [5.74, 6) is 0.708. The SMILES string of the molecule is CNC(=O)[C@@H]1CN(CCCc2ccccc2)c2ccccc2O1. The highest BCUT2D eigenvalue weighted by atomic mass is 16.5. The van der Waals surface area contributed by atoms with E-state index in [1.807, 2.05) is 24.3 Å². The van der Waals surface area contributed by atoms with Gasteiger partial charge in [0.25, 0.3) is 5.91 Å². The largest absolute Gasteiger partial charge is 0.477 e. The van der Waals surface area contributed by atoms with Crippen LogP contribution in [0.2, 0.25) is 0 Å². The molecule has 0 aliphatic carbocycles. The molecule has 120 valence electrons. The second-order valence-electron chi connectivity index (χ2n) is 5.72. The zero-order valence-electron chi connectivity index (χ0n) is 13.4. The van der Waals surface area contributed by atoms with Crippen LogP contribution in [0.5, 0.6) is 5.75 Å². The van der Waals surface area contributed by atoms with Gasteiger partial charge in [0.2, 0.25) is 0 Å². The minimum absolute atomic E-state index is 0.0763. The second kappa shape index (κ2) is 7.18. The fourth-order valence-corrected chi connectivity index (χ4v) is 2.93. The molecule has 0 saturated heterocycles. The Kier molecular flexibility index (Phi) is 4.81. The van der Waals surface area contributed by atoms with Gasteiger partial charge in [0.15, 0.2) is 6.10 Å². The van der Waals surface area contributed by atoms with E-state index in [1.165, 1.54) is 5.56 Å². The maximum absolute atomic E-state index is 12.0. The van der Waals surface area contributed by atoms with Crippen molar-refractivity contribution >= 4 is 11.6 Å². The summed E-state index contributed by atoms with van der Waals surface area (Å²) in [6.45, 7) is 1.49. The number of fused-ring (bicyclic) bond motifs is 1. The van der Waals surface area contributed by atoms with Gasteiger partial charge in [-0.2, -0.15) is 0 Å². The highest BCUT2D eigenvalue weighted by Gasteiger charge is 2.29. The molecule has 0 aromatic heterocycles. The number of para-hydroxylation sites is 2. The Hall–Kier alpha value is -2.49. The standard InChI is InChI=1S/C19H22N2O2/c1-20-19(22)18-14-21(16-11-5-6-12-17(16)23-18)13-7-10-15-8-3-2-4-9-15/h2-6,8-9,11-12,18H,7,10,13-14H2,1H3,(H,20,22)/t18-/m0/s1. The third-order valence-electron chi connectivity index (χ3n) is 4.14. The van der Waals surface area contributed by atoms with E-state index in [-0.39, 0.29) is 5.91 Å². The van der Waals surface area contributed by atoms with Crippen LogP contribution in [0.4, 0.5) is 5.69 Å². The monoisotopic (exact) mass is 310 g/mol. The lowest BCUT2D eigenvalue weighted by Crippen LogP contribution is -2.48. The molecular weight excluding hydrogens is 288 g/mol. The molecule has 2 aromatic rings. The number of hydrogen-bond acceptors (Lipinski definition) is 3. The molecule has 4 heteroatoms. The third kappa shape index (κ3) is 3.65. The van der Waals surface area contributed by atoms with E-state index in [0.29, 0.717) is 6.54 Å². The van der Waals surface area contributed by atoms with Crippen LogP contribution in [0.15, 0.2) is 54.6 Å². The predicted octanol–water partition coefficient (Wildman–Crippen LogP) is 2.63. The molecule has 1 aliphatic heterocycles. The van der Waals surface area contributed by atoms with E-state index in [4.69, 9.17) is 4.74 Å². The number of carbonyl (C=O) groups excluding carboxylic acids is 1. The maximum atomic E-state index is 12.0. The van der Waals surface area contributed by atoms with Crippen molar-refractivity contribution in [3.8, 4) is 5.75 Å². The molecule has 1 N–H and O–H groups in total. The number of nitrogens with zero attached hydrogens (tertiary/aromatic N) is 1. The van der Waals surface area contributed by atoms with Gasteiger partial charge >= 0.3 is 0 Å². The van der Waals surface area contributed by atoms with Crippen LogP contribution < -0.4 is 15.0 Å². The first-order valence-corrected chi connectivity index (χ1v) is 8.04. The fraction of sp³-hybridized carbons (Fsp3) is 0.316. The Balaban J connectivity index is 1.68. The number of rotatable bonds is 5. The van der Waals surface area contributed by atoms with Crippen molar-refractivity contribution in [2.45, 2.75) is 18.9 Å². The van der Waals surface area contributed by atoms with Crippen LogP contribution >= 0.6 is 0 Å². The first-order chi connectivity index (χ1) is 11.3. The summed E-state index contributed by atoms with van der Waals surface area (Å²) in [6, 6.07) is 18.4. The fourth-order valence-electron chi connectivity index (χ4n) is 2.93. The van der Waals surface area contributed by atoms with Crippen molar-refractivity contribution in [3.63, 3.8) is 0 Å². The molecule has 0 bridgehead atoms. The molecule has 1 aliphatic rings. The van der Waals surface area contributed by atoms with E-state index < -0.39 is 6.10 Å². The molecule has 3 rings (SSSR count). The summed E-state index contributed by atoms with van der Waals surface area (Å²) < 4.78 is 5.83. The lowest BCUT2D eigenvalue weighted by atomic mass is 10.1. The number of ether oxygens (including phenoxy) is 1. The topological polar surface area (TPSA) is 41.6 Å². The Labute approximate surface area is 137 Å². The molecule has 1 heterocycles. The first-order valence-electron chi connectivity index (χ1n) is 8.04. The van der Waals surface area contributed by atoms with Crippen LogP contribution in [0.25, 0.3) is 0 Å². The summed E-state index contributed by atoms with van der Waals surface area (Å²) in [5, 5.41) is 2.68. The first kappa shape index (κ1) is 15.4. The molecule has 2 aromatic carbocycles. The van der Waals surface area contributed by atoms with Gasteiger partial charge in [-0.05, 0) is 30.5 Å². The third-order valence-corrected chi connectivity index (χ3v) is 4.14. The quantitative estimate of drug-likeness (QED) is 0.923. The van der Waals surface area contributed by atoms with E-state index >= 15 is 0 Å². The van der Waals surface area contributed by atoms with Gasteiger partial charge in [-0.3, -0.25) is 4.79 Å². The summed E-state index contributed by atoms with van der Waals surface area (Å²) in [7, 11) is 1.64. The van der Waals surface area contributed by atoms with Crippen molar-refractivity contribution < 1.29 is 9.53 Å². The molecule has 4 nitrogen and oxygen atoms in total. The van der Waals surface area contributed by atoms with Crippen molar-refractivity contribution in [1.29, 1.82) is 0 Å².